The number of anilines is 1. The lowest BCUT2D eigenvalue weighted by Crippen LogP contribution is -2.35. The highest BCUT2D eigenvalue weighted by Gasteiger charge is 2.26. The molecule has 0 saturated heterocycles. The number of nitrogens with one attached hydrogen (secondary N) is 1. The number of benzene rings is 1. The molecule has 2 unspecified atom stereocenters. The number of nitrogens with two attached hydrogens (primary N) is 1. The van der Waals surface area contributed by atoms with Crippen molar-refractivity contribution >= 4 is 23.0 Å². The minimum Gasteiger partial charge on any atom is -0.375 e. The Kier molecular flexibility index (Phi) is 3.49. The maximum absolute atomic E-state index is 10.9. The number of nitro benzene ring substituents is 1. The Morgan fingerprint density at radius 1 is 1.47 bits per heavy atom. The van der Waals surface area contributed by atoms with Crippen LogP contribution in [0.5, 0.6) is 0 Å². The third-order valence-corrected chi connectivity index (χ3v) is 3.30. The van der Waals surface area contributed by atoms with Crippen molar-refractivity contribution in [2.75, 3.05) is 5.32 Å². The summed E-state index contributed by atoms with van der Waals surface area (Å²) in [4.78, 5) is 10.5. The average Bonchev–Trinajstić information content (AvgIpc) is 2.64. The second kappa shape index (κ2) is 4.89. The molecule has 2 rings (SSSR count). The second-order valence-electron chi connectivity index (χ2n) is 4.26. The number of nitrogens with zero attached hydrogens (tertiary/aromatic N) is 1. The van der Waals surface area contributed by atoms with Gasteiger partial charge in [0.2, 0.25) is 0 Å². The van der Waals surface area contributed by atoms with E-state index >= 15 is 0 Å². The van der Waals surface area contributed by atoms with E-state index in [9.17, 15) is 10.1 Å². The van der Waals surface area contributed by atoms with E-state index in [1.807, 2.05) is 0 Å². The Morgan fingerprint density at radius 2 is 2.24 bits per heavy atom. The lowest BCUT2D eigenvalue weighted by atomic mass is 10.1. The first-order valence-electron chi connectivity index (χ1n) is 5.54. The van der Waals surface area contributed by atoms with E-state index < -0.39 is 4.92 Å². The quantitative estimate of drug-likeness (QED) is 0.642. The van der Waals surface area contributed by atoms with Crippen LogP contribution >= 0.6 is 11.6 Å². The first-order chi connectivity index (χ1) is 8.08. The van der Waals surface area contributed by atoms with E-state index in [0.717, 1.165) is 19.3 Å². The Bertz CT molecular complexity index is 439. The zero-order valence-electron chi connectivity index (χ0n) is 9.23. The molecule has 1 saturated carbocycles. The van der Waals surface area contributed by atoms with Gasteiger partial charge < -0.3 is 11.1 Å². The molecular weight excluding hydrogens is 242 g/mol. The predicted octanol–water partition coefficient (Wildman–Crippen LogP) is 2.54. The number of rotatable bonds is 3. The number of nitro groups is 1. The van der Waals surface area contributed by atoms with Crippen molar-refractivity contribution in [3.8, 4) is 0 Å². The van der Waals surface area contributed by atoms with Crippen LogP contribution in [0.1, 0.15) is 19.3 Å². The SMILES string of the molecule is NC1CCCC1Nc1cc(Cl)ccc1[N+](=O)[O-]. The summed E-state index contributed by atoms with van der Waals surface area (Å²) < 4.78 is 0. The van der Waals surface area contributed by atoms with Crippen LogP contribution < -0.4 is 11.1 Å². The van der Waals surface area contributed by atoms with Gasteiger partial charge in [-0.15, -0.1) is 0 Å². The average molecular weight is 256 g/mol. The molecule has 0 aliphatic heterocycles. The maximum Gasteiger partial charge on any atom is 0.292 e. The summed E-state index contributed by atoms with van der Waals surface area (Å²) in [5.41, 5.74) is 6.41. The van der Waals surface area contributed by atoms with Gasteiger partial charge in [-0.2, -0.15) is 0 Å². The Balaban J connectivity index is 2.24. The third kappa shape index (κ3) is 2.68. The molecule has 1 fully saturated rings. The molecule has 3 N–H and O–H groups in total. The van der Waals surface area contributed by atoms with Gasteiger partial charge in [0.05, 0.1) is 4.92 Å². The highest BCUT2D eigenvalue weighted by atomic mass is 35.5. The van der Waals surface area contributed by atoms with Gasteiger partial charge in [0.15, 0.2) is 0 Å². The summed E-state index contributed by atoms with van der Waals surface area (Å²) in [6, 6.07) is 4.63. The topological polar surface area (TPSA) is 81.2 Å². The van der Waals surface area contributed by atoms with Crippen molar-refractivity contribution < 1.29 is 4.92 Å². The number of hydrogen-bond donors (Lipinski definition) is 2. The molecule has 0 aromatic heterocycles. The fraction of sp³-hybridized carbons (Fsp3) is 0.455. The van der Waals surface area contributed by atoms with Crippen LogP contribution in [0.15, 0.2) is 18.2 Å². The van der Waals surface area contributed by atoms with Gasteiger partial charge in [0, 0.05) is 23.2 Å². The van der Waals surface area contributed by atoms with E-state index in [1.165, 1.54) is 12.1 Å². The Labute approximate surface area is 104 Å². The van der Waals surface area contributed by atoms with E-state index in [0.29, 0.717) is 10.7 Å². The molecule has 5 nitrogen and oxygen atoms in total. The predicted molar refractivity (Wildman–Crippen MR) is 67.3 cm³/mol. The first-order valence-corrected chi connectivity index (χ1v) is 5.92. The van der Waals surface area contributed by atoms with Crippen LogP contribution in [0.2, 0.25) is 5.02 Å². The van der Waals surface area contributed by atoms with E-state index in [2.05, 4.69) is 5.32 Å². The summed E-state index contributed by atoms with van der Waals surface area (Å²) in [5.74, 6) is 0. The third-order valence-electron chi connectivity index (χ3n) is 3.07. The zero-order chi connectivity index (χ0) is 12.4. The van der Waals surface area contributed by atoms with Gasteiger partial charge in [-0.25, -0.2) is 0 Å². The van der Waals surface area contributed by atoms with Gasteiger partial charge >= 0.3 is 0 Å². The molecule has 1 aromatic carbocycles. The minimum absolute atomic E-state index is 0.0356. The molecule has 0 heterocycles. The van der Waals surface area contributed by atoms with E-state index in [-0.39, 0.29) is 17.8 Å². The molecule has 92 valence electrons. The highest BCUT2D eigenvalue weighted by Crippen LogP contribution is 2.30. The largest absolute Gasteiger partial charge is 0.375 e. The molecule has 6 heteroatoms. The Hall–Kier alpha value is -1.33. The van der Waals surface area contributed by atoms with Crippen molar-refractivity contribution in [2.45, 2.75) is 31.3 Å². The van der Waals surface area contributed by atoms with E-state index in [1.54, 1.807) is 6.07 Å². The smallest absolute Gasteiger partial charge is 0.292 e. The van der Waals surface area contributed by atoms with Crippen LogP contribution in [-0.4, -0.2) is 17.0 Å². The molecule has 2 atom stereocenters. The van der Waals surface area contributed by atoms with E-state index in [4.69, 9.17) is 17.3 Å². The molecule has 0 radical (unpaired) electrons. The number of halogens is 1. The molecule has 17 heavy (non-hydrogen) atoms. The summed E-state index contributed by atoms with van der Waals surface area (Å²) in [6.45, 7) is 0. The van der Waals surface area contributed by atoms with Crippen molar-refractivity contribution in [1.82, 2.24) is 0 Å². The zero-order valence-corrected chi connectivity index (χ0v) is 9.98. The molecule has 0 spiro atoms. The highest BCUT2D eigenvalue weighted by molar-refractivity contribution is 6.31. The minimum atomic E-state index is -0.418. The van der Waals surface area contributed by atoms with Crippen LogP contribution in [0, 0.1) is 10.1 Å². The van der Waals surface area contributed by atoms with Crippen LogP contribution in [0.3, 0.4) is 0 Å². The van der Waals surface area contributed by atoms with Gasteiger partial charge in [-0.1, -0.05) is 11.6 Å². The summed E-state index contributed by atoms with van der Waals surface area (Å²) in [7, 11) is 0. The van der Waals surface area contributed by atoms with Crippen LogP contribution in [0.4, 0.5) is 11.4 Å². The Morgan fingerprint density at radius 3 is 2.82 bits per heavy atom. The summed E-state index contributed by atoms with van der Waals surface area (Å²) in [6.07, 6.45) is 2.93. The summed E-state index contributed by atoms with van der Waals surface area (Å²) in [5, 5.41) is 14.5. The van der Waals surface area contributed by atoms with Crippen LogP contribution in [-0.2, 0) is 0 Å². The second-order valence-corrected chi connectivity index (χ2v) is 4.70. The number of hydrogen-bond acceptors (Lipinski definition) is 4. The van der Waals surface area contributed by atoms with Gasteiger partial charge in [0.25, 0.3) is 5.69 Å². The summed E-state index contributed by atoms with van der Waals surface area (Å²) >= 11 is 5.85. The van der Waals surface area contributed by atoms with Gasteiger partial charge in [-0.05, 0) is 31.4 Å². The fourth-order valence-electron chi connectivity index (χ4n) is 2.15. The molecular formula is C11H14ClN3O2. The van der Waals surface area contributed by atoms with Gasteiger partial charge in [0.1, 0.15) is 5.69 Å². The standard InChI is InChI=1S/C11H14ClN3O2/c12-7-4-5-11(15(16)17)10(6-7)14-9-3-1-2-8(9)13/h4-6,8-9,14H,1-3,13H2. The van der Waals surface area contributed by atoms with Crippen molar-refractivity contribution in [3.05, 3.63) is 33.3 Å². The lowest BCUT2D eigenvalue weighted by molar-refractivity contribution is -0.384. The first kappa shape index (κ1) is 12.1. The molecule has 1 aliphatic rings. The molecule has 0 amide bonds. The monoisotopic (exact) mass is 255 g/mol. The molecule has 1 aliphatic carbocycles. The van der Waals surface area contributed by atoms with Crippen molar-refractivity contribution in [1.29, 1.82) is 0 Å². The normalized spacial score (nSPS) is 23.6. The van der Waals surface area contributed by atoms with Crippen LogP contribution in [0.25, 0.3) is 0 Å². The maximum atomic E-state index is 10.9. The molecule has 0 bridgehead atoms. The van der Waals surface area contributed by atoms with Gasteiger partial charge in [-0.3, -0.25) is 10.1 Å². The molecule has 1 aromatic rings. The van der Waals surface area contributed by atoms with Crippen molar-refractivity contribution in [3.63, 3.8) is 0 Å². The fourth-order valence-corrected chi connectivity index (χ4v) is 2.32. The lowest BCUT2D eigenvalue weighted by Gasteiger charge is -2.18. The van der Waals surface area contributed by atoms with Crippen molar-refractivity contribution in [2.24, 2.45) is 5.73 Å².